The second-order valence-corrected chi connectivity index (χ2v) is 6.51. The molecule has 150 valence electrons. The van der Waals surface area contributed by atoms with Gasteiger partial charge in [0.05, 0.1) is 17.5 Å². The number of rotatable bonds is 5. The second kappa shape index (κ2) is 9.99. The summed E-state index contributed by atoms with van der Waals surface area (Å²) >= 11 is 5.87. The highest BCUT2D eigenvalue weighted by molar-refractivity contribution is 6.40. The number of hydrogen-bond donors (Lipinski definition) is 3. The summed E-state index contributed by atoms with van der Waals surface area (Å²) in [5, 5.41) is 9.42. The molecule has 8 heteroatoms. The van der Waals surface area contributed by atoms with Gasteiger partial charge in [-0.1, -0.05) is 54.1 Å². The number of para-hydroxylation sites is 2. The van der Waals surface area contributed by atoms with E-state index in [4.69, 9.17) is 11.6 Å². The van der Waals surface area contributed by atoms with Gasteiger partial charge >= 0.3 is 11.8 Å². The van der Waals surface area contributed by atoms with Crippen molar-refractivity contribution in [3.63, 3.8) is 0 Å². The maximum Gasteiger partial charge on any atom is 0.329 e. The van der Waals surface area contributed by atoms with Crippen LogP contribution in [-0.4, -0.2) is 23.9 Å². The molecule has 3 aromatic carbocycles. The number of halogens is 1. The number of nitrogens with one attached hydrogen (secondary N) is 3. The van der Waals surface area contributed by atoms with Crippen molar-refractivity contribution in [2.45, 2.75) is 0 Å². The Balaban J connectivity index is 1.63. The Morgan fingerprint density at radius 3 is 2.30 bits per heavy atom. The predicted molar refractivity (Wildman–Crippen MR) is 117 cm³/mol. The number of amides is 3. The lowest BCUT2D eigenvalue weighted by Crippen LogP contribution is -2.33. The largest absolute Gasteiger partial charge is 0.329 e. The predicted octanol–water partition coefficient (Wildman–Crippen LogP) is 3.68. The van der Waals surface area contributed by atoms with Gasteiger partial charge in [0.1, 0.15) is 0 Å². The molecular formula is C22H17ClN4O3. The van der Waals surface area contributed by atoms with Crippen LogP contribution in [0.25, 0.3) is 0 Å². The van der Waals surface area contributed by atoms with E-state index in [1.807, 2.05) is 6.07 Å². The smallest absolute Gasteiger partial charge is 0.322 e. The fourth-order valence-corrected chi connectivity index (χ4v) is 2.69. The Morgan fingerprint density at radius 2 is 1.53 bits per heavy atom. The number of hydrogen-bond acceptors (Lipinski definition) is 4. The SMILES string of the molecule is O=C(NN=Cc1cccc(Cl)c1)C(=O)Nc1ccccc1C(=O)Nc1ccccc1. The summed E-state index contributed by atoms with van der Waals surface area (Å²) in [5.74, 6) is -2.36. The molecule has 0 heterocycles. The van der Waals surface area contributed by atoms with Crippen LogP contribution in [0.1, 0.15) is 15.9 Å². The summed E-state index contributed by atoms with van der Waals surface area (Å²) in [4.78, 5) is 36.8. The third kappa shape index (κ3) is 5.76. The van der Waals surface area contributed by atoms with Gasteiger partial charge in [-0.25, -0.2) is 5.43 Å². The third-order valence-corrected chi connectivity index (χ3v) is 4.12. The van der Waals surface area contributed by atoms with Gasteiger partial charge in [0, 0.05) is 10.7 Å². The monoisotopic (exact) mass is 420 g/mol. The molecule has 7 nitrogen and oxygen atoms in total. The van der Waals surface area contributed by atoms with E-state index in [9.17, 15) is 14.4 Å². The molecule has 0 aliphatic heterocycles. The molecular weight excluding hydrogens is 404 g/mol. The zero-order valence-corrected chi connectivity index (χ0v) is 16.4. The fourth-order valence-electron chi connectivity index (χ4n) is 2.49. The van der Waals surface area contributed by atoms with E-state index >= 15 is 0 Å². The lowest BCUT2D eigenvalue weighted by molar-refractivity contribution is -0.136. The highest BCUT2D eigenvalue weighted by atomic mass is 35.5. The van der Waals surface area contributed by atoms with Crippen LogP contribution in [0.3, 0.4) is 0 Å². The maximum atomic E-state index is 12.5. The maximum absolute atomic E-state index is 12.5. The number of hydrazone groups is 1. The van der Waals surface area contributed by atoms with Crippen molar-refractivity contribution >= 4 is 46.9 Å². The molecule has 3 aromatic rings. The fraction of sp³-hybridized carbons (Fsp3) is 0. The summed E-state index contributed by atoms with van der Waals surface area (Å²) in [5.41, 5.74) is 3.81. The molecule has 3 N–H and O–H groups in total. The van der Waals surface area contributed by atoms with E-state index in [1.165, 1.54) is 12.3 Å². The standard InChI is InChI=1S/C22H17ClN4O3/c23-16-8-6-7-15(13-16)14-24-27-22(30)21(29)26-19-12-5-4-11-18(19)20(28)25-17-9-2-1-3-10-17/h1-14H,(H,25,28)(H,26,29)(H,27,30). The molecule has 0 aliphatic rings. The van der Waals surface area contributed by atoms with E-state index < -0.39 is 17.7 Å². The Morgan fingerprint density at radius 1 is 0.800 bits per heavy atom. The number of carbonyl (C=O) groups is 3. The van der Waals surface area contributed by atoms with Crippen LogP contribution in [0.5, 0.6) is 0 Å². The van der Waals surface area contributed by atoms with Gasteiger partial charge in [0.15, 0.2) is 0 Å². The van der Waals surface area contributed by atoms with Gasteiger partial charge in [-0.05, 0) is 42.0 Å². The average molecular weight is 421 g/mol. The molecule has 3 amide bonds. The Bertz CT molecular complexity index is 1100. The van der Waals surface area contributed by atoms with Crippen LogP contribution in [0.2, 0.25) is 5.02 Å². The first-order valence-corrected chi connectivity index (χ1v) is 9.26. The van der Waals surface area contributed by atoms with E-state index in [0.29, 0.717) is 16.3 Å². The lowest BCUT2D eigenvalue weighted by Gasteiger charge is -2.11. The Labute approximate surface area is 177 Å². The summed E-state index contributed by atoms with van der Waals surface area (Å²) in [6.45, 7) is 0. The van der Waals surface area contributed by atoms with E-state index in [1.54, 1.807) is 66.7 Å². The quantitative estimate of drug-likeness (QED) is 0.333. The first-order chi connectivity index (χ1) is 14.5. The summed E-state index contributed by atoms with van der Waals surface area (Å²) in [6, 6.07) is 22.1. The normalized spacial score (nSPS) is 10.4. The molecule has 0 radical (unpaired) electrons. The summed E-state index contributed by atoms with van der Waals surface area (Å²) in [6.07, 6.45) is 1.36. The molecule has 0 fully saturated rings. The minimum Gasteiger partial charge on any atom is -0.322 e. The minimum absolute atomic E-state index is 0.199. The second-order valence-electron chi connectivity index (χ2n) is 6.07. The van der Waals surface area contributed by atoms with Gasteiger partial charge in [0.2, 0.25) is 0 Å². The molecule has 0 aliphatic carbocycles. The van der Waals surface area contributed by atoms with Crippen molar-refractivity contribution in [2.24, 2.45) is 5.10 Å². The number of benzene rings is 3. The molecule has 0 bridgehead atoms. The van der Waals surface area contributed by atoms with Crippen molar-refractivity contribution in [3.8, 4) is 0 Å². The number of nitrogens with zero attached hydrogens (tertiary/aromatic N) is 1. The summed E-state index contributed by atoms with van der Waals surface area (Å²) < 4.78 is 0. The first kappa shape index (κ1) is 20.8. The van der Waals surface area contributed by atoms with Crippen LogP contribution in [0.15, 0.2) is 84.0 Å². The summed E-state index contributed by atoms with van der Waals surface area (Å²) in [7, 11) is 0. The molecule has 0 atom stereocenters. The highest BCUT2D eigenvalue weighted by Gasteiger charge is 2.17. The van der Waals surface area contributed by atoms with Crippen molar-refractivity contribution in [2.75, 3.05) is 10.6 Å². The van der Waals surface area contributed by atoms with E-state index in [2.05, 4.69) is 21.2 Å². The molecule has 0 saturated carbocycles. The van der Waals surface area contributed by atoms with Crippen molar-refractivity contribution in [1.29, 1.82) is 0 Å². The van der Waals surface area contributed by atoms with Crippen LogP contribution in [0.4, 0.5) is 11.4 Å². The van der Waals surface area contributed by atoms with Gasteiger partial charge in [-0.2, -0.15) is 5.10 Å². The molecule has 3 rings (SSSR count). The van der Waals surface area contributed by atoms with Crippen LogP contribution in [0, 0.1) is 0 Å². The number of carbonyl (C=O) groups excluding carboxylic acids is 3. The zero-order chi connectivity index (χ0) is 21.3. The van der Waals surface area contributed by atoms with Crippen molar-refractivity contribution in [1.82, 2.24) is 5.43 Å². The topological polar surface area (TPSA) is 99.7 Å². The van der Waals surface area contributed by atoms with Crippen molar-refractivity contribution < 1.29 is 14.4 Å². The van der Waals surface area contributed by atoms with Gasteiger partial charge < -0.3 is 10.6 Å². The third-order valence-electron chi connectivity index (χ3n) is 3.89. The molecule has 30 heavy (non-hydrogen) atoms. The average Bonchev–Trinajstić information content (AvgIpc) is 2.74. The highest BCUT2D eigenvalue weighted by Crippen LogP contribution is 2.17. The van der Waals surface area contributed by atoms with E-state index in [0.717, 1.165) is 0 Å². The molecule has 0 saturated heterocycles. The Hall–Kier alpha value is -3.97. The first-order valence-electron chi connectivity index (χ1n) is 8.88. The molecule has 0 aromatic heterocycles. The van der Waals surface area contributed by atoms with Crippen molar-refractivity contribution in [3.05, 3.63) is 95.0 Å². The van der Waals surface area contributed by atoms with Gasteiger partial charge in [0.25, 0.3) is 5.91 Å². The van der Waals surface area contributed by atoms with Gasteiger partial charge in [-0.15, -0.1) is 0 Å². The zero-order valence-electron chi connectivity index (χ0n) is 15.6. The van der Waals surface area contributed by atoms with E-state index in [-0.39, 0.29) is 11.3 Å². The number of anilines is 2. The van der Waals surface area contributed by atoms with Crippen LogP contribution in [-0.2, 0) is 9.59 Å². The molecule has 0 spiro atoms. The van der Waals surface area contributed by atoms with Crippen LogP contribution >= 0.6 is 11.6 Å². The molecule has 0 unspecified atom stereocenters. The van der Waals surface area contributed by atoms with Gasteiger partial charge in [-0.3, -0.25) is 14.4 Å². The lowest BCUT2D eigenvalue weighted by atomic mass is 10.1. The minimum atomic E-state index is -0.980. The Kier molecular flexibility index (Phi) is 6.91. The van der Waals surface area contributed by atoms with Crippen LogP contribution < -0.4 is 16.1 Å².